The lowest BCUT2D eigenvalue weighted by Crippen LogP contribution is -2.41. The molecule has 0 heterocycles. The predicted molar refractivity (Wildman–Crippen MR) is 124 cm³/mol. The summed E-state index contributed by atoms with van der Waals surface area (Å²) >= 11 is 0. The van der Waals surface area contributed by atoms with Crippen LogP contribution in [0.5, 0.6) is 0 Å². The van der Waals surface area contributed by atoms with Crippen molar-refractivity contribution >= 4 is 18.0 Å². The Kier molecular flexibility index (Phi) is 6.77. The summed E-state index contributed by atoms with van der Waals surface area (Å²) in [6.45, 7) is 1.91. The van der Waals surface area contributed by atoms with Crippen LogP contribution in [0.15, 0.2) is 60.2 Å². The monoisotopic (exact) mass is 448 g/mol. The summed E-state index contributed by atoms with van der Waals surface area (Å²) in [6, 6.07) is 15.3. The van der Waals surface area contributed by atoms with Crippen LogP contribution in [0.3, 0.4) is 0 Å². The molecule has 4 rings (SSSR count). The fourth-order valence-corrected chi connectivity index (χ4v) is 4.21. The Morgan fingerprint density at radius 1 is 1.06 bits per heavy atom. The van der Waals surface area contributed by atoms with Gasteiger partial charge in [-0.1, -0.05) is 67.4 Å². The quantitative estimate of drug-likeness (QED) is 0.506. The topological polar surface area (TPSA) is 105 Å². The highest BCUT2D eigenvalue weighted by atomic mass is 16.5. The van der Waals surface area contributed by atoms with Crippen LogP contribution in [0.1, 0.15) is 43.2 Å². The summed E-state index contributed by atoms with van der Waals surface area (Å²) < 4.78 is 5.47. The van der Waals surface area contributed by atoms with Crippen molar-refractivity contribution in [1.29, 1.82) is 0 Å². The van der Waals surface area contributed by atoms with E-state index in [1.807, 2.05) is 24.3 Å². The molecule has 2 aromatic rings. The van der Waals surface area contributed by atoms with Gasteiger partial charge in [-0.15, -0.1) is 0 Å². The molecule has 2 aromatic carbocycles. The Morgan fingerprint density at radius 3 is 2.24 bits per heavy atom. The van der Waals surface area contributed by atoms with Gasteiger partial charge < -0.3 is 20.5 Å². The van der Waals surface area contributed by atoms with Crippen molar-refractivity contribution < 1.29 is 24.2 Å². The third kappa shape index (κ3) is 5.42. The van der Waals surface area contributed by atoms with Crippen LogP contribution in [0.4, 0.5) is 4.79 Å². The molecule has 33 heavy (non-hydrogen) atoms. The second-order valence-electron chi connectivity index (χ2n) is 8.64. The second kappa shape index (κ2) is 9.90. The largest absolute Gasteiger partial charge is 0.480 e. The number of carboxylic acids is 1. The summed E-state index contributed by atoms with van der Waals surface area (Å²) in [4.78, 5) is 35.9. The van der Waals surface area contributed by atoms with Gasteiger partial charge >= 0.3 is 12.1 Å². The van der Waals surface area contributed by atoms with Crippen molar-refractivity contribution in [3.63, 3.8) is 0 Å². The van der Waals surface area contributed by atoms with Crippen LogP contribution < -0.4 is 10.6 Å². The zero-order chi connectivity index (χ0) is 23.4. The molecule has 2 aliphatic rings. The number of alkyl carbamates (subject to hydrolysis) is 1. The van der Waals surface area contributed by atoms with E-state index in [9.17, 15) is 19.5 Å². The fraction of sp³-hybridized carbons (Fsp3) is 0.346. The van der Waals surface area contributed by atoms with Gasteiger partial charge in [0.2, 0.25) is 5.91 Å². The number of nitrogens with one attached hydrogen (secondary N) is 2. The highest BCUT2D eigenvalue weighted by molar-refractivity contribution is 5.95. The number of hydrogen-bond acceptors (Lipinski definition) is 4. The highest BCUT2D eigenvalue weighted by Gasteiger charge is 2.31. The van der Waals surface area contributed by atoms with Crippen molar-refractivity contribution in [2.75, 3.05) is 13.2 Å². The maximum absolute atomic E-state index is 12.3. The minimum Gasteiger partial charge on any atom is -0.480 e. The number of rotatable bonds is 9. The average molecular weight is 449 g/mol. The molecule has 1 unspecified atom stereocenters. The van der Waals surface area contributed by atoms with Gasteiger partial charge in [0, 0.05) is 18.0 Å². The molecular formula is C26H28N2O5. The molecule has 1 saturated carbocycles. The Labute approximate surface area is 192 Å². The van der Waals surface area contributed by atoms with Crippen molar-refractivity contribution in [2.24, 2.45) is 5.92 Å². The first-order chi connectivity index (χ1) is 15.9. The molecule has 2 amide bonds. The highest BCUT2D eigenvalue weighted by Crippen LogP contribution is 2.44. The molecular weight excluding hydrogens is 420 g/mol. The fourth-order valence-electron chi connectivity index (χ4n) is 4.21. The lowest BCUT2D eigenvalue weighted by atomic mass is 9.98. The van der Waals surface area contributed by atoms with E-state index in [4.69, 9.17) is 4.74 Å². The predicted octanol–water partition coefficient (Wildman–Crippen LogP) is 3.84. The van der Waals surface area contributed by atoms with Crippen LogP contribution in [-0.2, 0) is 14.3 Å². The molecule has 172 valence electrons. The summed E-state index contributed by atoms with van der Waals surface area (Å²) in [5, 5.41) is 14.5. The van der Waals surface area contributed by atoms with Crippen LogP contribution >= 0.6 is 0 Å². The lowest BCUT2D eigenvalue weighted by molar-refractivity contribution is -0.141. The molecule has 0 aliphatic heterocycles. The number of amides is 2. The van der Waals surface area contributed by atoms with Gasteiger partial charge in [0.1, 0.15) is 12.6 Å². The van der Waals surface area contributed by atoms with Crippen LogP contribution in [0.25, 0.3) is 11.1 Å². The normalized spacial score (nSPS) is 15.8. The van der Waals surface area contributed by atoms with E-state index in [1.165, 1.54) is 0 Å². The minimum absolute atomic E-state index is 0.0226. The molecule has 2 aliphatic carbocycles. The maximum Gasteiger partial charge on any atom is 0.407 e. The molecule has 7 nitrogen and oxygen atoms in total. The Morgan fingerprint density at radius 2 is 1.67 bits per heavy atom. The van der Waals surface area contributed by atoms with Crippen molar-refractivity contribution in [2.45, 2.75) is 38.1 Å². The first-order valence-corrected chi connectivity index (χ1v) is 11.2. The molecule has 1 fully saturated rings. The Bertz CT molecular complexity index is 1040. The van der Waals surface area contributed by atoms with Crippen LogP contribution in [0, 0.1) is 5.92 Å². The maximum atomic E-state index is 12.3. The van der Waals surface area contributed by atoms with Crippen molar-refractivity contribution in [1.82, 2.24) is 10.6 Å². The summed E-state index contributed by atoms with van der Waals surface area (Å²) in [6.07, 6.45) is 3.45. The SMILES string of the molecule is C/C(=C\CNC(=O)OCC1c2ccccc2-c2ccccc21)C(=O)NC(CC1CC1)C(=O)O. The van der Waals surface area contributed by atoms with Gasteiger partial charge in [-0.05, 0) is 41.5 Å². The summed E-state index contributed by atoms with van der Waals surface area (Å²) in [5.41, 5.74) is 4.94. The van der Waals surface area contributed by atoms with Gasteiger partial charge in [-0.25, -0.2) is 9.59 Å². The van der Waals surface area contributed by atoms with Gasteiger partial charge in [0.05, 0.1) is 0 Å². The number of benzene rings is 2. The third-order valence-electron chi connectivity index (χ3n) is 6.23. The molecule has 0 spiro atoms. The van der Waals surface area contributed by atoms with Crippen LogP contribution in [-0.4, -0.2) is 42.3 Å². The minimum atomic E-state index is -1.03. The van der Waals surface area contributed by atoms with E-state index >= 15 is 0 Å². The van der Waals surface area contributed by atoms with Crippen molar-refractivity contribution in [3.05, 3.63) is 71.3 Å². The van der Waals surface area contributed by atoms with E-state index in [0.29, 0.717) is 17.9 Å². The molecule has 0 aromatic heterocycles. The molecule has 0 radical (unpaired) electrons. The smallest absolute Gasteiger partial charge is 0.407 e. The van der Waals surface area contributed by atoms with Crippen molar-refractivity contribution in [3.8, 4) is 11.1 Å². The molecule has 0 saturated heterocycles. The van der Waals surface area contributed by atoms with E-state index in [2.05, 4.69) is 34.9 Å². The Hall–Kier alpha value is -3.61. The Balaban J connectivity index is 1.27. The zero-order valence-corrected chi connectivity index (χ0v) is 18.5. The third-order valence-corrected chi connectivity index (χ3v) is 6.23. The average Bonchev–Trinajstić information content (AvgIpc) is 3.57. The number of ether oxygens (including phenoxy) is 1. The van der Waals surface area contributed by atoms with Crippen LogP contribution in [0.2, 0.25) is 0 Å². The number of carbonyl (C=O) groups excluding carboxylic acids is 2. The zero-order valence-electron chi connectivity index (χ0n) is 18.5. The molecule has 7 heteroatoms. The van der Waals surface area contributed by atoms with E-state index < -0.39 is 24.0 Å². The van der Waals surface area contributed by atoms with E-state index in [1.54, 1.807) is 13.0 Å². The number of carbonyl (C=O) groups is 3. The number of hydrogen-bond donors (Lipinski definition) is 3. The first-order valence-electron chi connectivity index (χ1n) is 11.2. The number of carboxylic acid groups (broad SMARTS) is 1. The number of fused-ring (bicyclic) bond motifs is 3. The second-order valence-corrected chi connectivity index (χ2v) is 8.64. The standard InChI is InChI=1S/C26H28N2O5/c1-16(24(29)28-23(25(30)31)14-17-10-11-17)12-13-27-26(32)33-15-22-20-8-4-2-6-18(20)19-7-3-5-9-21(19)22/h2-9,12,17,22-23H,10-11,13-15H2,1H3,(H,27,32)(H,28,29)(H,30,31)/b16-12+. The van der Waals surface area contributed by atoms with Gasteiger partial charge in [0.15, 0.2) is 0 Å². The van der Waals surface area contributed by atoms with Gasteiger partial charge in [-0.2, -0.15) is 0 Å². The lowest BCUT2D eigenvalue weighted by Gasteiger charge is -2.15. The molecule has 3 N–H and O–H groups in total. The van der Waals surface area contributed by atoms with Gasteiger partial charge in [0.25, 0.3) is 0 Å². The summed E-state index contributed by atoms with van der Waals surface area (Å²) in [5.74, 6) is -1.12. The van der Waals surface area contributed by atoms with E-state index in [0.717, 1.165) is 35.1 Å². The number of aliphatic carboxylic acids is 1. The molecule has 1 atom stereocenters. The van der Waals surface area contributed by atoms with E-state index in [-0.39, 0.29) is 19.1 Å². The molecule has 0 bridgehead atoms. The van der Waals surface area contributed by atoms with Gasteiger partial charge in [-0.3, -0.25) is 4.79 Å². The first kappa shape index (κ1) is 22.6. The summed E-state index contributed by atoms with van der Waals surface area (Å²) in [7, 11) is 0.